The maximum absolute atomic E-state index is 12.7. The number of hydrogen-bond acceptors (Lipinski definition) is 6. The second-order valence-corrected chi connectivity index (χ2v) is 8.65. The molecule has 2 aromatic heterocycles. The van der Waals surface area contributed by atoms with E-state index in [2.05, 4.69) is 38.0 Å². The first-order valence-corrected chi connectivity index (χ1v) is 11.4. The van der Waals surface area contributed by atoms with Gasteiger partial charge in [0.1, 0.15) is 5.75 Å². The summed E-state index contributed by atoms with van der Waals surface area (Å²) in [5.41, 5.74) is 3.32. The average Bonchev–Trinajstić information content (AvgIpc) is 3.46. The van der Waals surface area contributed by atoms with Crippen molar-refractivity contribution in [3.8, 4) is 5.75 Å². The Hall–Kier alpha value is -3.33. The lowest BCUT2D eigenvalue weighted by atomic mass is 9.91. The molecule has 2 heterocycles. The van der Waals surface area contributed by atoms with Crippen molar-refractivity contribution in [1.82, 2.24) is 30.5 Å². The summed E-state index contributed by atoms with van der Waals surface area (Å²) in [7, 11) is 1.65. The predicted octanol–water partition coefficient (Wildman–Crippen LogP) is 3.78. The van der Waals surface area contributed by atoms with E-state index in [1.54, 1.807) is 11.8 Å². The molecule has 0 aliphatic heterocycles. The monoisotopic (exact) mass is 450 g/mol. The normalized spacial score (nSPS) is 12.2. The van der Waals surface area contributed by atoms with Crippen molar-refractivity contribution in [2.75, 3.05) is 19.4 Å². The molecular weight excluding hydrogens is 424 g/mol. The number of ether oxygens (including phenoxy) is 1. The van der Waals surface area contributed by atoms with E-state index in [9.17, 15) is 4.79 Å². The minimum absolute atomic E-state index is 0.00742. The number of benzene rings is 2. The van der Waals surface area contributed by atoms with Crippen LogP contribution in [-0.4, -0.2) is 50.5 Å². The third-order valence-corrected chi connectivity index (χ3v) is 6.24. The molecule has 0 bridgehead atoms. The molecule has 1 amide bonds. The number of nitrogens with zero attached hydrogens (tertiary/aromatic N) is 4. The first kappa shape index (κ1) is 21.9. The van der Waals surface area contributed by atoms with E-state index in [0.717, 1.165) is 27.8 Å². The van der Waals surface area contributed by atoms with E-state index in [-0.39, 0.29) is 23.6 Å². The van der Waals surface area contributed by atoms with E-state index < -0.39 is 0 Å². The predicted molar refractivity (Wildman–Crippen MR) is 125 cm³/mol. The number of methoxy groups -OCH3 is 1. The number of para-hydroxylation sites is 1. The molecular formula is C23H26N6O2S. The van der Waals surface area contributed by atoms with Gasteiger partial charge < -0.3 is 15.0 Å². The third kappa shape index (κ3) is 4.77. The number of fused-ring (bicyclic) bond motifs is 1. The fraction of sp³-hybridized carbons (Fsp3) is 0.304. The summed E-state index contributed by atoms with van der Waals surface area (Å²) in [4.78, 5) is 16.0. The van der Waals surface area contributed by atoms with Crippen molar-refractivity contribution in [2.45, 2.75) is 31.0 Å². The molecule has 0 radical (unpaired) electrons. The molecule has 8 nitrogen and oxygen atoms in total. The van der Waals surface area contributed by atoms with Gasteiger partial charge in [-0.2, -0.15) is 0 Å². The molecule has 1 unspecified atom stereocenters. The number of rotatable bonds is 9. The Balaban J connectivity index is 1.50. The van der Waals surface area contributed by atoms with E-state index in [0.29, 0.717) is 11.7 Å². The number of amides is 1. The summed E-state index contributed by atoms with van der Waals surface area (Å²) < 4.78 is 7.02. The van der Waals surface area contributed by atoms with Crippen molar-refractivity contribution in [1.29, 1.82) is 0 Å². The lowest BCUT2D eigenvalue weighted by molar-refractivity contribution is -0.118. The van der Waals surface area contributed by atoms with E-state index in [4.69, 9.17) is 4.74 Å². The Morgan fingerprint density at radius 3 is 2.72 bits per heavy atom. The highest BCUT2D eigenvalue weighted by atomic mass is 32.2. The molecule has 0 aliphatic rings. The summed E-state index contributed by atoms with van der Waals surface area (Å²) in [6, 6.07) is 16.3. The standard InChI is InChI=1S/C23H26N6O2S/c1-15(2)29-23(26-27-28-29)32-14-22(30)25-12-19(16-8-10-17(31-3)11-9-16)20-13-24-21-7-5-4-6-18(20)21/h4-11,13,15,19,24H,12,14H2,1-3H3,(H,25,30). The Morgan fingerprint density at radius 2 is 1.97 bits per heavy atom. The largest absolute Gasteiger partial charge is 0.497 e. The Bertz CT molecular complexity index is 1180. The van der Waals surface area contributed by atoms with Crippen molar-refractivity contribution >= 4 is 28.6 Å². The van der Waals surface area contributed by atoms with Gasteiger partial charge in [0.25, 0.3) is 0 Å². The molecule has 0 fully saturated rings. The molecule has 0 saturated heterocycles. The second-order valence-electron chi connectivity index (χ2n) is 7.71. The van der Waals surface area contributed by atoms with Crippen LogP contribution in [0.4, 0.5) is 0 Å². The van der Waals surface area contributed by atoms with E-state index in [1.165, 1.54) is 11.8 Å². The first-order valence-electron chi connectivity index (χ1n) is 10.4. The second kappa shape index (κ2) is 9.86. The lowest BCUT2D eigenvalue weighted by Crippen LogP contribution is -2.30. The van der Waals surface area contributed by atoms with Crippen LogP contribution in [0.1, 0.15) is 36.9 Å². The zero-order chi connectivity index (χ0) is 22.5. The van der Waals surface area contributed by atoms with Crippen molar-refractivity contribution < 1.29 is 9.53 Å². The van der Waals surface area contributed by atoms with Crippen LogP contribution < -0.4 is 10.1 Å². The third-order valence-electron chi connectivity index (χ3n) is 5.30. The van der Waals surface area contributed by atoms with Gasteiger partial charge >= 0.3 is 0 Å². The average molecular weight is 451 g/mol. The Kier molecular flexibility index (Phi) is 6.75. The zero-order valence-electron chi connectivity index (χ0n) is 18.3. The molecule has 4 aromatic rings. The van der Waals surface area contributed by atoms with Crippen LogP contribution in [0.2, 0.25) is 0 Å². The number of nitrogens with one attached hydrogen (secondary N) is 2. The number of aromatic amines is 1. The number of H-pyrrole nitrogens is 1. The fourth-order valence-corrected chi connectivity index (χ4v) is 4.46. The highest BCUT2D eigenvalue weighted by Crippen LogP contribution is 2.31. The maximum atomic E-state index is 12.7. The van der Waals surface area contributed by atoms with Crippen molar-refractivity contribution in [3.63, 3.8) is 0 Å². The van der Waals surface area contributed by atoms with Gasteiger partial charge in [-0.25, -0.2) is 4.68 Å². The number of thioether (sulfide) groups is 1. The lowest BCUT2D eigenvalue weighted by Gasteiger charge is -2.18. The summed E-state index contributed by atoms with van der Waals surface area (Å²) in [6.45, 7) is 4.48. The van der Waals surface area contributed by atoms with Crippen molar-refractivity contribution in [3.05, 3.63) is 65.9 Å². The SMILES string of the molecule is COc1ccc(C(CNC(=O)CSc2nnnn2C(C)C)c2c[nH]c3ccccc23)cc1. The Labute approximate surface area is 190 Å². The summed E-state index contributed by atoms with van der Waals surface area (Å²) in [5.74, 6) is 0.976. The molecule has 1 atom stereocenters. The zero-order valence-corrected chi connectivity index (χ0v) is 19.1. The number of tetrazole rings is 1. The molecule has 166 valence electrons. The van der Waals surface area contributed by atoms with Gasteiger partial charge in [0, 0.05) is 29.6 Å². The summed E-state index contributed by atoms with van der Waals surface area (Å²) >= 11 is 1.33. The van der Waals surface area contributed by atoms with E-state index in [1.807, 2.05) is 56.4 Å². The highest BCUT2D eigenvalue weighted by Gasteiger charge is 2.20. The fourth-order valence-electron chi connectivity index (χ4n) is 3.63. The minimum Gasteiger partial charge on any atom is -0.497 e. The first-order chi connectivity index (χ1) is 15.6. The van der Waals surface area contributed by atoms with Crippen LogP contribution in [-0.2, 0) is 4.79 Å². The topological polar surface area (TPSA) is 97.7 Å². The van der Waals surface area contributed by atoms with Gasteiger partial charge in [-0.3, -0.25) is 4.79 Å². The van der Waals surface area contributed by atoms with Gasteiger partial charge in [0.2, 0.25) is 11.1 Å². The molecule has 0 saturated carbocycles. The van der Waals surface area contributed by atoms with Crippen LogP contribution in [0.25, 0.3) is 10.9 Å². The van der Waals surface area contributed by atoms with Gasteiger partial charge in [0.05, 0.1) is 18.9 Å². The molecule has 4 rings (SSSR count). The van der Waals surface area contributed by atoms with Crippen LogP contribution in [0.15, 0.2) is 59.9 Å². The van der Waals surface area contributed by atoms with Gasteiger partial charge in [0.15, 0.2) is 0 Å². The minimum atomic E-state index is -0.0633. The number of aromatic nitrogens is 5. The van der Waals surface area contributed by atoms with E-state index >= 15 is 0 Å². The quantitative estimate of drug-likeness (QED) is 0.377. The van der Waals surface area contributed by atoms with Gasteiger partial charge in [-0.15, -0.1) is 5.10 Å². The number of carbonyl (C=O) groups is 1. The summed E-state index contributed by atoms with van der Waals surface area (Å²) in [5, 5.41) is 16.6. The van der Waals surface area contributed by atoms with Gasteiger partial charge in [-0.1, -0.05) is 42.1 Å². The Morgan fingerprint density at radius 1 is 1.19 bits per heavy atom. The molecule has 2 aromatic carbocycles. The number of carbonyl (C=O) groups excluding carboxylic acids is 1. The van der Waals surface area contributed by atoms with Crippen LogP contribution >= 0.6 is 11.8 Å². The van der Waals surface area contributed by atoms with Gasteiger partial charge in [-0.05, 0) is 53.6 Å². The number of hydrogen-bond donors (Lipinski definition) is 2. The van der Waals surface area contributed by atoms with Crippen LogP contribution in [0, 0.1) is 0 Å². The molecule has 0 aliphatic carbocycles. The molecule has 0 spiro atoms. The smallest absolute Gasteiger partial charge is 0.230 e. The molecule has 32 heavy (non-hydrogen) atoms. The maximum Gasteiger partial charge on any atom is 0.230 e. The summed E-state index contributed by atoms with van der Waals surface area (Å²) in [6.07, 6.45) is 2.03. The molecule has 2 N–H and O–H groups in total. The molecule has 9 heteroatoms. The highest BCUT2D eigenvalue weighted by molar-refractivity contribution is 7.99. The van der Waals surface area contributed by atoms with Crippen LogP contribution in [0.3, 0.4) is 0 Å². The van der Waals surface area contributed by atoms with Crippen molar-refractivity contribution in [2.24, 2.45) is 0 Å². The van der Waals surface area contributed by atoms with Crippen LogP contribution in [0.5, 0.6) is 5.75 Å².